The molecule has 3 nitrogen and oxygen atoms in total. The van der Waals surface area contributed by atoms with Gasteiger partial charge in [0.1, 0.15) is 6.29 Å². The molecule has 0 aromatic carbocycles. The van der Waals surface area contributed by atoms with E-state index in [1.807, 2.05) is 7.11 Å². The second-order valence-electron chi connectivity index (χ2n) is 7.15. The number of piperidine rings is 1. The number of ether oxygens (including phenoxy) is 1. The minimum Gasteiger partial charge on any atom is -0.377 e. The van der Waals surface area contributed by atoms with Gasteiger partial charge in [-0.2, -0.15) is 0 Å². The minimum absolute atomic E-state index is 0.0252. The van der Waals surface area contributed by atoms with E-state index in [0.29, 0.717) is 5.92 Å². The van der Waals surface area contributed by atoms with E-state index < -0.39 is 0 Å². The maximum Gasteiger partial charge on any atom is 0.127 e. The molecule has 1 saturated carbocycles. The molecule has 3 unspecified atom stereocenters. The van der Waals surface area contributed by atoms with Crippen molar-refractivity contribution in [2.75, 3.05) is 26.7 Å². The molecule has 0 spiro atoms. The van der Waals surface area contributed by atoms with Crippen LogP contribution in [0.4, 0.5) is 0 Å². The second-order valence-corrected chi connectivity index (χ2v) is 7.15. The Balaban J connectivity index is 2.00. The summed E-state index contributed by atoms with van der Waals surface area (Å²) in [7, 11) is 1.81. The zero-order valence-corrected chi connectivity index (χ0v) is 12.8. The van der Waals surface area contributed by atoms with E-state index >= 15 is 0 Å². The Morgan fingerprint density at radius 2 is 2.16 bits per heavy atom. The van der Waals surface area contributed by atoms with E-state index in [1.54, 1.807) is 0 Å². The van der Waals surface area contributed by atoms with Gasteiger partial charge in [0.2, 0.25) is 0 Å². The van der Waals surface area contributed by atoms with E-state index in [0.717, 1.165) is 38.9 Å². The Kier molecular flexibility index (Phi) is 4.67. The highest BCUT2D eigenvalue weighted by Crippen LogP contribution is 2.39. The first-order valence-corrected chi connectivity index (χ1v) is 7.75. The molecule has 2 aliphatic rings. The average molecular weight is 267 g/mol. The van der Waals surface area contributed by atoms with Crippen molar-refractivity contribution in [3.8, 4) is 0 Å². The molecule has 1 aliphatic heterocycles. The lowest BCUT2D eigenvalue weighted by atomic mass is 9.70. The van der Waals surface area contributed by atoms with Crippen LogP contribution in [0.1, 0.15) is 52.4 Å². The number of carbonyl (C=O) groups is 1. The maximum absolute atomic E-state index is 11.7. The monoisotopic (exact) mass is 267 g/mol. The molecule has 0 bridgehead atoms. The molecule has 110 valence electrons. The van der Waals surface area contributed by atoms with Crippen LogP contribution in [-0.2, 0) is 9.53 Å². The highest BCUT2D eigenvalue weighted by atomic mass is 16.5. The number of carbonyl (C=O) groups excluding carboxylic acids is 1. The number of nitrogens with zero attached hydrogens (tertiary/aromatic N) is 1. The molecule has 3 atom stereocenters. The smallest absolute Gasteiger partial charge is 0.127 e. The van der Waals surface area contributed by atoms with Gasteiger partial charge in [0.05, 0.1) is 5.60 Å². The summed E-state index contributed by atoms with van der Waals surface area (Å²) in [5.41, 5.74) is -0.119. The summed E-state index contributed by atoms with van der Waals surface area (Å²) in [5.74, 6) is 0.692. The Hall–Kier alpha value is -0.410. The van der Waals surface area contributed by atoms with Gasteiger partial charge in [-0.1, -0.05) is 19.8 Å². The third-order valence-electron chi connectivity index (χ3n) is 5.15. The SMILES string of the molecule is COC1(C)CCCN(CC2(C=O)CCCC(C)C2)C1. The van der Waals surface area contributed by atoms with Gasteiger partial charge in [-0.15, -0.1) is 0 Å². The Morgan fingerprint density at radius 1 is 1.37 bits per heavy atom. The van der Waals surface area contributed by atoms with Gasteiger partial charge in [0.15, 0.2) is 0 Å². The van der Waals surface area contributed by atoms with Crippen molar-refractivity contribution in [1.29, 1.82) is 0 Å². The van der Waals surface area contributed by atoms with Crippen LogP contribution in [0.2, 0.25) is 0 Å². The Bertz CT molecular complexity index is 320. The van der Waals surface area contributed by atoms with Crippen LogP contribution in [0.15, 0.2) is 0 Å². The molecule has 1 heterocycles. The lowest BCUT2D eigenvalue weighted by Gasteiger charge is -2.44. The van der Waals surface area contributed by atoms with Gasteiger partial charge in [-0.05, 0) is 45.1 Å². The summed E-state index contributed by atoms with van der Waals surface area (Å²) >= 11 is 0. The Morgan fingerprint density at radius 3 is 2.79 bits per heavy atom. The van der Waals surface area contributed by atoms with Crippen molar-refractivity contribution in [2.24, 2.45) is 11.3 Å². The van der Waals surface area contributed by atoms with Crippen molar-refractivity contribution in [3.63, 3.8) is 0 Å². The zero-order valence-electron chi connectivity index (χ0n) is 12.8. The van der Waals surface area contributed by atoms with E-state index in [1.165, 1.54) is 25.5 Å². The first kappa shape index (κ1) is 15.0. The molecule has 0 amide bonds. The number of hydrogen-bond acceptors (Lipinski definition) is 3. The first-order valence-electron chi connectivity index (χ1n) is 7.75. The van der Waals surface area contributed by atoms with Crippen LogP contribution in [0, 0.1) is 11.3 Å². The van der Waals surface area contributed by atoms with Crippen LogP contribution >= 0.6 is 0 Å². The number of methoxy groups -OCH3 is 1. The highest BCUT2D eigenvalue weighted by Gasteiger charge is 2.39. The highest BCUT2D eigenvalue weighted by molar-refractivity contribution is 5.60. The summed E-state index contributed by atoms with van der Waals surface area (Å²) in [6, 6.07) is 0. The molecule has 1 saturated heterocycles. The van der Waals surface area contributed by atoms with Gasteiger partial charge in [0, 0.05) is 25.6 Å². The minimum atomic E-state index is -0.0936. The molecule has 0 aromatic rings. The summed E-state index contributed by atoms with van der Waals surface area (Å²) in [5, 5.41) is 0. The number of aldehydes is 1. The number of rotatable bonds is 4. The van der Waals surface area contributed by atoms with Crippen LogP contribution in [0.25, 0.3) is 0 Å². The van der Waals surface area contributed by atoms with E-state index in [-0.39, 0.29) is 11.0 Å². The van der Waals surface area contributed by atoms with Crippen molar-refractivity contribution < 1.29 is 9.53 Å². The van der Waals surface area contributed by atoms with Gasteiger partial charge < -0.3 is 9.53 Å². The fraction of sp³-hybridized carbons (Fsp3) is 0.938. The first-order chi connectivity index (χ1) is 9.01. The fourth-order valence-electron chi connectivity index (χ4n) is 4.04. The van der Waals surface area contributed by atoms with Crippen molar-refractivity contribution >= 4 is 6.29 Å². The van der Waals surface area contributed by atoms with Crippen LogP contribution < -0.4 is 0 Å². The fourth-order valence-corrected chi connectivity index (χ4v) is 4.04. The standard InChI is InChI=1S/C16H29NO2/c1-14-6-4-8-16(10-14,13-18)12-17-9-5-7-15(2,11-17)19-3/h13-14H,4-12H2,1-3H3. The lowest BCUT2D eigenvalue weighted by molar-refractivity contribution is -0.122. The number of hydrogen-bond donors (Lipinski definition) is 0. The van der Waals surface area contributed by atoms with Gasteiger partial charge in [-0.3, -0.25) is 4.90 Å². The van der Waals surface area contributed by atoms with E-state index in [2.05, 4.69) is 18.7 Å². The predicted octanol–water partition coefficient (Wildman–Crippen LogP) is 2.88. The molecule has 0 N–H and O–H groups in total. The molecule has 19 heavy (non-hydrogen) atoms. The Labute approximate surface area is 117 Å². The second kappa shape index (κ2) is 5.92. The molecule has 0 radical (unpaired) electrons. The van der Waals surface area contributed by atoms with Crippen molar-refractivity contribution in [2.45, 2.75) is 58.0 Å². The van der Waals surface area contributed by atoms with E-state index in [9.17, 15) is 4.79 Å². The summed E-state index contributed by atoms with van der Waals surface area (Å²) in [6.07, 6.45) is 8.18. The quantitative estimate of drug-likeness (QED) is 0.734. The molecule has 2 rings (SSSR count). The van der Waals surface area contributed by atoms with Crippen molar-refractivity contribution in [1.82, 2.24) is 4.90 Å². The molecule has 3 heteroatoms. The molecular formula is C16H29NO2. The zero-order chi connectivity index (χ0) is 13.9. The third kappa shape index (κ3) is 3.57. The van der Waals surface area contributed by atoms with E-state index in [4.69, 9.17) is 4.74 Å². The topological polar surface area (TPSA) is 29.5 Å². The average Bonchev–Trinajstić information content (AvgIpc) is 2.39. The summed E-state index contributed by atoms with van der Waals surface area (Å²) < 4.78 is 5.66. The molecular weight excluding hydrogens is 238 g/mol. The summed E-state index contributed by atoms with van der Waals surface area (Å²) in [4.78, 5) is 14.1. The normalized spacial score (nSPS) is 41.1. The number of likely N-dealkylation sites (tertiary alicyclic amines) is 1. The summed E-state index contributed by atoms with van der Waals surface area (Å²) in [6.45, 7) is 7.49. The van der Waals surface area contributed by atoms with Gasteiger partial charge in [0.25, 0.3) is 0 Å². The maximum atomic E-state index is 11.7. The molecule has 2 fully saturated rings. The largest absolute Gasteiger partial charge is 0.377 e. The lowest BCUT2D eigenvalue weighted by Crippen LogP contribution is -2.51. The molecule has 0 aromatic heterocycles. The van der Waals surface area contributed by atoms with Crippen LogP contribution in [-0.4, -0.2) is 43.5 Å². The van der Waals surface area contributed by atoms with Gasteiger partial charge >= 0.3 is 0 Å². The van der Waals surface area contributed by atoms with Crippen molar-refractivity contribution in [3.05, 3.63) is 0 Å². The molecule has 1 aliphatic carbocycles. The van der Waals surface area contributed by atoms with Gasteiger partial charge in [-0.25, -0.2) is 0 Å². The predicted molar refractivity (Wildman–Crippen MR) is 77.2 cm³/mol. The van der Waals surface area contributed by atoms with Crippen LogP contribution in [0.3, 0.4) is 0 Å². The third-order valence-corrected chi connectivity index (χ3v) is 5.15. The van der Waals surface area contributed by atoms with Crippen LogP contribution in [0.5, 0.6) is 0 Å².